The number of ether oxygens (including phenoxy) is 2. The Labute approximate surface area is 145 Å². The number of hydrogen-bond acceptors (Lipinski definition) is 4. The van der Waals surface area contributed by atoms with Gasteiger partial charge in [-0.15, -0.1) is 0 Å². The van der Waals surface area contributed by atoms with Crippen LogP contribution in [0.5, 0.6) is 0 Å². The number of alkyl carbamates (subject to hydrolysis) is 1. The molecular formula is C16H19Cl2NO4. The summed E-state index contributed by atoms with van der Waals surface area (Å²) in [5, 5.41) is 2.69. The number of cyclic esters (lactones) is 1. The van der Waals surface area contributed by atoms with Crippen LogP contribution >= 0.6 is 23.2 Å². The van der Waals surface area contributed by atoms with Crippen LogP contribution in [0.15, 0.2) is 30.3 Å². The molecule has 0 unspecified atom stereocenters. The molecular weight excluding hydrogens is 341 g/mol. The van der Waals surface area contributed by atoms with Crippen LogP contribution in [0.3, 0.4) is 0 Å². The molecule has 5 nitrogen and oxygen atoms in total. The van der Waals surface area contributed by atoms with Gasteiger partial charge in [0.05, 0.1) is 6.04 Å². The van der Waals surface area contributed by atoms with Gasteiger partial charge >= 0.3 is 12.1 Å². The third-order valence-corrected chi connectivity index (χ3v) is 3.97. The van der Waals surface area contributed by atoms with Gasteiger partial charge in [0, 0.05) is 0 Å². The molecule has 0 aromatic heterocycles. The third-order valence-electron chi connectivity index (χ3n) is 3.23. The molecule has 0 spiro atoms. The van der Waals surface area contributed by atoms with Crippen LogP contribution in [0.25, 0.3) is 0 Å². The number of esters is 1. The zero-order valence-corrected chi connectivity index (χ0v) is 14.6. The van der Waals surface area contributed by atoms with Crippen molar-refractivity contribution in [3.8, 4) is 0 Å². The molecule has 0 saturated carbocycles. The van der Waals surface area contributed by atoms with Crippen molar-refractivity contribution in [3.63, 3.8) is 0 Å². The third kappa shape index (κ3) is 4.52. The van der Waals surface area contributed by atoms with E-state index in [1.54, 1.807) is 20.8 Å². The maximum absolute atomic E-state index is 12.0. The molecule has 2 atom stereocenters. The fourth-order valence-corrected chi connectivity index (χ4v) is 2.70. The Morgan fingerprint density at radius 3 is 2.43 bits per heavy atom. The highest BCUT2D eigenvalue weighted by Gasteiger charge is 2.59. The Hall–Kier alpha value is -1.46. The van der Waals surface area contributed by atoms with Gasteiger partial charge in [-0.2, -0.15) is 0 Å². The summed E-state index contributed by atoms with van der Waals surface area (Å²) in [6, 6.07) is 8.84. The first-order valence-corrected chi connectivity index (χ1v) is 7.97. The topological polar surface area (TPSA) is 64.6 Å². The molecule has 0 radical (unpaired) electrons. The van der Waals surface area contributed by atoms with E-state index in [2.05, 4.69) is 5.32 Å². The number of nitrogens with one attached hydrogen (secondary N) is 1. The largest absolute Gasteiger partial charge is 0.454 e. The van der Waals surface area contributed by atoms with E-state index in [0.717, 1.165) is 5.56 Å². The quantitative estimate of drug-likeness (QED) is 0.662. The second-order valence-corrected chi connectivity index (χ2v) is 7.78. The van der Waals surface area contributed by atoms with Crippen molar-refractivity contribution in [3.05, 3.63) is 35.9 Å². The molecule has 1 aliphatic rings. The molecule has 7 heteroatoms. The van der Waals surface area contributed by atoms with Crippen LogP contribution in [0, 0.1) is 0 Å². The van der Waals surface area contributed by atoms with Gasteiger partial charge in [0.2, 0.25) is 0 Å². The Balaban J connectivity index is 2.12. The Kier molecular flexibility index (Phi) is 5.11. The molecule has 1 heterocycles. The lowest BCUT2D eigenvalue weighted by molar-refractivity contribution is -0.175. The average molecular weight is 360 g/mol. The second kappa shape index (κ2) is 6.57. The van der Waals surface area contributed by atoms with Gasteiger partial charge in [-0.25, -0.2) is 9.59 Å². The lowest BCUT2D eigenvalue weighted by Gasteiger charge is -2.42. The summed E-state index contributed by atoms with van der Waals surface area (Å²) in [5.74, 6) is -0.713. The first kappa shape index (κ1) is 17.9. The molecule has 1 fully saturated rings. The molecule has 23 heavy (non-hydrogen) atoms. The van der Waals surface area contributed by atoms with Crippen molar-refractivity contribution < 1.29 is 19.1 Å². The van der Waals surface area contributed by atoms with E-state index in [4.69, 9.17) is 32.7 Å². The molecule has 0 aliphatic carbocycles. The van der Waals surface area contributed by atoms with Gasteiger partial charge in [0.15, 0.2) is 6.10 Å². The number of amides is 1. The maximum Gasteiger partial charge on any atom is 0.408 e. The zero-order chi connectivity index (χ0) is 17.3. The molecule has 1 aromatic rings. The minimum atomic E-state index is -1.67. The highest BCUT2D eigenvalue weighted by Crippen LogP contribution is 2.40. The standard InChI is InChI=1S/C16H19Cl2NO4/c1-15(2,3)23-14(21)19-11(9-10-7-5-4-6-8-10)12-16(17,18)13(20)22-12/h4-8,11-12H,9H2,1-3H3,(H,19,21)/t11-,12-/m1/s1. The van der Waals surface area contributed by atoms with Gasteiger partial charge in [-0.05, 0) is 32.8 Å². The minimum Gasteiger partial charge on any atom is -0.454 e. The number of benzene rings is 1. The van der Waals surface area contributed by atoms with Crippen LogP contribution in [0.4, 0.5) is 4.79 Å². The monoisotopic (exact) mass is 359 g/mol. The van der Waals surface area contributed by atoms with E-state index in [1.807, 2.05) is 30.3 Å². The molecule has 1 amide bonds. The van der Waals surface area contributed by atoms with E-state index < -0.39 is 34.1 Å². The first-order valence-electron chi connectivity index (χ1n) is 7.22. The molecule has 1 N–H and O–H groups in total. The van der Waals surface area contributed by atoms with E-state index in [9.17, 15) is 9.59 Å². The van der Waals surface area contributed by atoms with Crippen LogP contribution in [-0.2, 0) is 20.7 Å². The number of hydrogen-bond donors (Lipinski definition) is 1. The van der Waals surface area contributed by atoms with Gasteiger partial charge in [-0.3, -0.25) is 0 Å². The molecule has 1 aromatic carbocycles. The summed E-state index contributed by atoms with van der Waals surface area (Å²) in [6.45, 7) is 5.28. The Morgan fingerprint density at radius 1 is 1.35 bits per heavy atom. The summed E-state index contributed by atoms with van der Waals surface area (Å²) in [6.07, 6.45) is -1.06. The van der Waals surface area contributed by atoms with Crippen molar-refractivity contribution in [1.82, 2.24) is 5.32 Å². The summed E-state index contributed by atoms with van der Waals surface area (Å²) < 4.78 is 8.62. The Bertz CT molecular complexity index is 583. The number of carbonyl (C=O) groups is 2. The lowest BCUT2D eigenvalue weighted by atomic mass is 9.95. The van der Waals surface area contributed by atoms with Crippen molar-refractivity contribution in [2.45, 2.75) is 49.3 Å². The number of alkyl halides is 2. The number of carbonyl (C=O) groups excluding carboxylic acids is 2. The smallest absolute Gasteiger partial charge is 0.408 e. The van der Waals surface area contributed by atoms with Crippen LogP contribution < -0.4 is 5.32 Å². The molecule has 1 saturated heterocycles. The van der Waals surface area contributed by atoms with Crippen molar-refractivity contribution in [2.24, 2.45) is 0 Å². The molecule has 126 valence electrons. The summed E-state index contributed by atoms with van der Waals surface area (Å²) in [5.41, 5.74) is 0.303. The first-order chi connectivity index (χ1) is 10.6. The van der Waals surface area contributed by atoms with Crippen LogP contribution in [0.2, 0.25) is 0 Å². The molecule has 2 rings (SSSR count). The van der Waals surface area contributed by atoms with Crippen molar-refractivity contribution >= 4 is 35.3 Å². The highest BCUT2D eigenvalue weighted by molar-refractivity contribution is 6.59. The van der Waals surface area contributed by atoms with E-state index >= 15 is 0 Å². The van der Waals surface area contributed by atoms with Gasteiger partial charge in [0.25, 0.3) is 4.33 Å². The normalized spacial score (nSPS) is 20.9. The molecule has 0 bridgehead atoms. The van der Waals surface area contributed by atoms with Crippen molar-refractivity contribution in [2.75, 3.05) is 0 Å². The highest BCUT2D eigenvalue weighted by atomic mass is 35.5. The molecule has 1 aliphatic heterocycles. The zero-order valence-electron chi connectivity index (χ0n) is 13.1. The minimum absolute atomic E-state index is 0.402. The summed E-state index contributed by atoms with van der Waals surface area (Å²) >= 11 is 12.0. The SMILES string of the molecule is CC(C)(C)OC(=O)N[C@H](Cc1ccccc1)[C@H]1OC(=O)C1(Cl)Cl. The summed E-state index contributed by atoms with van der Waals surface area (Å²) in [7, 11) is 0. The average Bonchev–Trinajstić information content (AvgIpc) is 2.43. The lowest BCUT2D eigenvalue weighted by Crippen LogP contribution is -2.65. The predicted molar refractivity (Wildman–Crippen MR) is 87.6 cm³/mol. The van der Waals surface area contributed by atoms with Crippen LogP contribution in [0.1, 0.15) is 26.3 Å². The number of rotatable bonds is 4. The predicted octanol–water partition coefficient (Wildman–Crippen LogP) is 3.22. The van der Waals surface area contributed by atoms with Gasteiger partial charge in [-0.1, -0.05) is 53.5 Å². The number of halogens is 2. The second-order valence-electron chi connectivity index (χ2n) is 6.39. The van der Waals surface area contributed by atoms with Crippen LogP contribution in [-0.4, -0.2) is 34.1 Å². The van der Waals surface area contributed by atoms with E-state index in [1.165, 1.54) is 0 Å². The van der Waals surface area contributed by atoms with E-state index in [0.29, 0.717) is 6.42 Å². The summed E-state index contributed by atoms with van der Waals surface area (Å²) in [4.78, 5) is 23.4. The fourth-order valence-electron chi connectivity index (χ4n) is 2.22. The maximum atomic E-state index is 12.0. The van der Waals surface area contributed by atoms with Gasteiger partial charge in [0.1, 0.15) is 5.60 Å². The van der Waals surface area contributed by atoms with Gasteiger partial charge < -0.3 is 14.8 Å². The van der Waals surface area contributed by atoms with E-state index in [-0.39, 0.29) is 0 Å². The Morgan fingerprint density at radius 2 is 1.96 bits per heavy atom. The van der Waals surface area contributed by atoms with Crippen molar-refractivity contribution in [1.29, 1.82) is 0 Å². The fraction of sp³-hybridized carbons (Fsp3) is 0.500.